The van der Waals surface area contributed by atoms with Gasteiger partial charge in [0.25, 0.3) is 0 Å². The number of rotatable bonds is 7. The van der Waals surface area contributed by atoms with Crippen molar-refractivity contribution in [2.45, 2.75) is 38.6 Å². The van der Waals surface area contributed by atoms with Crippen LogP contribution in [0.1, 0.15) is 43.4 Å². The van der Waals surface area contributed by atoms with Gasteiger partial charge in [-0.3, -0.25) is 0 Å². The Morgan fingerprint density at radius 1 is 1.39 bits per heavy atom. The Morgan fingerprint density at radius 2 is 2.28 bits per heavy atom. The lowest BCUT2D eigenvalue weighted by atomic mass is 10.1. The summed E-state index contributed by atoms with van der Waals surface area (Å²) in [5, 5.41) is 3.64. The van der Waals surface area contributed by atoms with Gasteiger partial charge in [-0.05, 0) is 55.5 Å². The minimum atomic E-state index is 0.541. The van der Waals surface area contributed by atoms with Crippen LogP contribution in [-0.2, 0) is 11.2 Å². The Labute approximate surface area is 118 Å². The number of halogens is 1. The van der Waals surface area contributed by atoms with Crippen molar-refractivity contribution in [2.75, 3.05) is 19.8 Å². The number of nitrogens with one attached hydrogen (secondary N) is 1. The van der Waals surface area contributed by atoms with Crippen LogP contribution in [0.25, 0.3) is 0 Å². The Kier molecular flexibility index (Phi) is 5.67. The fraction of sp³-hybridized carbons (Fsp3) is 0.600. The van der Waals surface area contributed by atoms with Crippen LogP contribution in [0, 0.1) is 0 Å². The fourth-order valence-electron chi connectivity index (χ4n) is 2.50. The second-order valence-electron chi connectivity index (χ2n) is 4.85. The van der Waals surface area contributed by atoms with E-state index in [1.54, 1.807) is 0 Å². The van der Waals surface area contributed by atoms with Gasteiger partial charge in [0, 0.05) is 23.7 Å². The van der Waals surface area contributed by atoms with Crippen LogP contribution in [0.15, 0.2) is 22.7 Å². The van der Waals surface area contributed by atoms with Crippen LogP contribution >= 0.6 is 15.9 Å². The van der Waals surface area contributed by atoms with Gasteiger partial charge in [0.15, 0.2) is 0 Å². The van der Waals surface area contributed by atoms with Gasteiger partial charge in [-0.15, -0.1) is 0 Å². The maximum absolute atomic E-state index is 5.49. The molecule has 1 aromatic carbocycles. The van der Waals surface area contributed by atoms with Crippen molar-refractivity contribution in [3.63, 3.8) is 0 Å². The van der Waals surface area contributed by atoms with Crippen molar-refractivity contribution < 1.29 is 4.74 Å². The highest BCUT2D eigenvalue weighted by atomic mass is 79.9. The van der Waals surface area contributed by atoms with E-state index in [0.29, 0.717) is 6.04 Å². The van der Waals surface area contributed by atoms with Crippen LogP contribution < -0.4 is 5.32 Å². The number of hydrogen-bond acceptors (Lipinski definition) is 2. The lowest BCUT2D eigenvalue weighted by Crippen LogP contribution is -2.21. The fourth-order valence-corrected chi connectivity index (χ4v) is 2.90. The summed E-state index contributed by atoms with van der Waals surface area (Å²) < 4.78 is 6.68. The molecule has 2 rings (SSSR count). The standard InChI is InChI=1S/C15H22BrNO/c1-2-9-18-10-3-8-17-15-7-4-12-11-13(16)5-6-14(12)15/h5-6,11,15,17H,2-4,7-10H2,1H3. The molecule has 1 aliphatic carbocycles. The third-order valence-electron chi connectivity index (χ3n) is 3.39. The van der Waals surface area contributed by atoms with E-state index < -0.39 is 0 Å². The molecule has 0 radical (unpaired) electrons. The zero-order valence-electron chi connectivity index (χ0n) is 11.0. The molecule has 0 bridgehead atoms. The zero-order valence-corrected chi connectivity index (χ0v) is 12.6. The third kappa shape index (κ3) is 3.81. The minimum absolute atomic E-state index is 0.541. The van der Waals surface area contributed by atoms with Crippen LogP contribution in [0.3, 0.4) is 0 Å². The molecule has 0 saturated carbocycles. The van der Waals surface area contributed by atoms with Gasteiger partial charge in [-0.25, -0.2) is 0 Å². The van der Waals surface area contributed by atoms with Gasteiger partial charge < -0.3 is 10.1 Å². The van der Waals surface area contributed by atoms with E-state index in [2.05, 4.69) is 46.4 Å². The summed E-state index contributed by atoms with van der Waals surface area (Å²) in [6.45, 7) is 4.96. The molecule has 3 heteroatoms. The molecule has 1 atom stereocenters. The number of aryl methyl sites for hydroxylation is 1. The van der Waals surface area contributed by atoms with Gasteiger partial charge in [-0.1, -0.05) is 28.9 Å². The summed E-state index contributed by atoms with van der Waals surface area (Å²) in [6, 6.07) is 7.18. The topological polar surface area (TPSA) is 21.3 Å². The Balaban J connectivity index is 1.73. The SMILES string of the molecule is CCCOCCCNC1CCc2cc(Br)ccc21. The van der Waals surface area contributed by atoms with Crippen molar-refractivity contribution in [3.8, 4) is 0 Å². The summed E-state index contributed by atoms with van der Waals surface area (Å²) in [6.07, 6.45) is 4.63. The molecule has 0 fully saturated rings. The van der Waals surface area contributed by atoms with Crippen molar-refractivity contribution >= 4 is 15.9 Å². The molecule has 0 aliphatic heterocycles. The Morgan fingerprint density at radius 3 is 3.11 bits per heavy atom. The molecule has 1 N–H and O–H groups in total. The predicted octanol–water partition coefficient (Wildman–Crippen LogP) is 3.84. The highest BCUT2D eigenvalue weighted by molar-refractivity contribution is 9.10. The summed E-state index contributed by atoms with van der Waals surface area (Å²) in [5.41, 5.74) is 2.97. The molecule has 0 aromatic heterocycles. The van der Waals surface area contributed by atoms with Gasteiger partial charge >= 0.3 is 0 Å². The average Bonchev–Trinajstić information content (AvgIpc) is 2.76. The lowest BCUT2D eigenvalue weighted by molar-refractivity contribution is 0.131. The van der Waals surface area contributed by atoms with E-state index in [9.17, 15) is 0 Å². The maximum atomic E-state index is 5.49. The van der Waals surface area contributed by atoms with Gasteiger partial charge in [0.2, 0.25) is 0 Å². The van der Waals surface area contributed by atoms with E-state index >= 15 is 0 Å². The molecule has 1 aromatic rings. The average molecular weight is 312 g/mol. The summed E-state index contributed by atoms with van der Waals surface area (Å²) in [5.74, 6) is 0. The molecular formula is C15H22BrNO. The first-order valence-corrected chi connectivity index (χ1v) is 7.70. The maximum Gasteiger partial charge on any atom is 0.0478 e. The van der Waals surface area contributed by atoms with Crippen molar-refractivity contribution in [1.29, 1.82) is 0 Å². The van der Waals surface area contributed by atoms with E-state index in [-0.39, 0.29) is 0 Å². The normalized spacial score (nSPS) is 18.0. The summed E-state index contributed by atoms with van der Waals surface area (Å²) in [4.78, 5) is 0. The van der Waals surface area contributed by atoms with Crippen molar-refractivity contribution in [1.82, 2.24) is 5.32 Å². The van der Waals surface area contributed by atoms with Gasteiger partial charge in [-0.2, -0.15) is 0 Å². The van der Waals surface area contributed by atoms with Crippen molar-refractivity contribution in [2.24, 2.45) is 0 Å². The van der Waals surface area contributed by atoms with Gasteiger partial charge in [0.1, 0.15) is 0 Å². The molecule has 0 spiro atoms. The van der Waals surface area contributed by atoms with Crippen LogP contribution in [0.4, 0.5) is 0 Å². The first-order valence-electron chi connectivity index (χ1n) is 6.90. The van der Waals surface area contributed by atoms with Crippen molar-refractivity contribution in [3.05, 3.63) is 33.8 Å². The van der Waals surface area contributed by atoms with E-state index in [4.69, 9.17) is 4.74 Å². The number of hydrogen-bond donors (Lipinski definition) is 1. The first-order chi connectivity index (χ1) is 8.81. The molecular weight excluding hydrogens is 290 g/mol. The highest BCUT2D eigenvalue weighted by Crippen LogP contribution is 2.32. The molecule has 0 heterocycles. The summed E-state index contributed by atoms with van der Waals surface area (Å²) in [7, 11) is 0. The van der Waals surface area contributed by atoms with Gasteiger partial charge in [0.05, 0.1) is 0 Å². The molecule has 18 heavy (non-hydrogen) atoms. The third-order valence-corrected chi connectivity index (χ3v) is 3.88. The monoisotopic (exact) mass is 311 g/mol. The summed E-state index contributed by atoms with van der Waals surface area (Å²) >= 11 is 3.54. The molecule has 0 amide bonds. The smallest absolute Gasteiger partial charge is 0.0478 e. The first kappa shape index (κ1) is 14.0. The lowest BCUT2D eigenvalue weighted by Gasteiger charge is -2.14. The van der Waals surface area contributed by atoms with E-state index in [1.807, 2.05) is 0 Å². The number of fused-ring (bicyclic) bond motifs is 1. The van der Waals surface area contributed by atoms with E-state index in [1.165, 1.54) is 28.4 Å². The molecule has 100 valence electrons. The van der Waals surface area contributed by atoms with E-state index in [0.717, 1.165) is 32.6 Å². The van der Waals surface area contributed by atoms with Crippen LogP contribution in [0.5, 0.6) is 0 Å². The minimum Gasteiger partial charge on any atom is -0.381 e. The second kappa shape index (κ2) is 7.27. The Bertz CT molecular complexity index is 381. The largest absolute Gasteiger partial charge is 0.381 e. The highest BCUT2D eigenvalue weighted by Gasteiger charge is 2.21. The second-order valence-corrected chi connectivity index (χ2v) is 5.77. The predicted molar refractivity (Wildman–Crippen MR) is 78.9 cm³/mol. The molecule has 1 aliphatic rings. The Hall–Kier alpha value is -0.380. The zero-order chi connectivity index (χ0) is 12.8. The van der Waals surface area contributed by atoms with Crippen LogP contribution in [-0.4, -0.2) is 19.8 Å². The van der Waals surface area contributed by atoms with Crippen LogP contribution in [0.2, 0.25) is 0 Å². The number of ether oxygens (including phenoxy) is 1. The number of benzene rings is 1. The molecule has 0 saturated heterocycles. The molecule has 1 unspecified atom stereocenters. The molecule has 2 nitrogen and oxygen atoms in total. The quantitative estimate of drug-likeness (QED) is 0.772.